The smallest absolute Gasteiger partial charge is 0.201 e. The minimum atomic E-state index is 0.578. The van der Waals surface area contributed by atoms with Crippen molar-refractivity contribution in [2.45, 2.75) is 0 Å². The van der Waals surface area contributed by atoms with Gasteiger partial charge >= 0.3 is 11.4 Å². The maximum absolute atomic E-state index is 5.41. The summed E-state index contributed by atoms with van der Waals surface area (Å²) in [6.07, 6.45) is 1.96. The summed E-state index contributed by atoms with van der Waals surface area (Å²) in [6, 6.07) is 11.5. The van der Waals surface area contributed by atoms with Gasteiger partial charge in [0.15, 0.2) is 6.20 Å². The highest BCUT2D eigenvalue weighted by atomic mass is 14.9. The minimum Gasteiger partial charge on any atom is -0.201 e. The molecule has 1 aromatic carbocycles. The first kappa shape index (κ1) is 10.9. The summed E-state index contributed by atoms with van der Waals surface area (Å²) in [6.45, 7) is 10.7. The standard InChI is InChI=1S/C14H12N3/c1-15-12-8-6-7-11(14(12)16-2)13-9-4-5-10-17(13)3/h1-2,4-10H,3H3/q+3. The highest BCUT2D eigenvalue weighted by Crippen LogP contribution is 2.36. The van der Waals surface area contributed by atoms with E-state index in [9.17, 15) is 0 Å². The molecule has 2 aromatic rings. The normalized spacial score (nSPS) is 9.35. The number of pyridine rings is 1. The van der Waals surface area contributed by atoms with Crippen LogP contribution in [0, 0.1) is 13.1 Å². The van der Waals surface area contributed by atoms with Crippen molar-refractivity contribution in [1.82, 2.24) is 0 Å². The fourth-order valence-corrected chi connectivity index (χ4v) is 1.78. The van der Waals surface area contributed by atoms with Gasteiger partial charge in [-0.15, -0.1) is 0 Å². The molecule has 0 N–H and O–H groups in total. The van der Waals surface area contributed by atoms with E-state index in [0.29, 0.717) is 11.4 Å². The average molecular weight is 222 g/mol. The summed E-state index contributed by atoms with van der Waals surface area (Å²) >= 11 is 0. The van der Waals surface area contributed by atoms with Crippen LogP contribution in [-0.2, 0) is 7.05 Å². The van der Waals surface area contributed by atoms with Crippen molar-refractivity contribution < 1.29 is 4.57 Å². The Morgan fingerprint density at radius 3 is 2.47 bits per heavy atom. The molecule has 0 fully saturated rings. The number of aromatic nitrogens is 1. The van der Waals surface area contributed by atoms with Crippen LogP contribution in [0.15, 0.2) is 42.6 Å². The molecule has 0 aliphatic rings. The maximum Gasteiger partial charge on any atom is 0.443 e. The number of hydrogen-bond acceptors (Lipinski definition) is 0. The van der Waals surface area contributed by atoms with Crippen molar-refractivity contribution in [3.8, 4) is 24.4 Å². The van der Waals surface area contributed by atoms with E-state index in [-0.39, 0.29) is 0 Å². The van der Waals surface area contributed by atoms with Crippen LogP contribution in [0.1, 0.15) is 0 Å². The van der Waals surface area contributed by atoms with Gasteiger partial charge in [-0.05, 0) is 21.8 Å². The summed E-state index contributed by atoms with van der Waals surface area (Å²) < 4.78 is 1.99. The predicted molar refractivity (Wildman–Crippen MR) is 69.0 cm³/mol. The zero-order valence-electron chi connectivity index (χ0n) is 9.54. The fraction of sp³-hybridized carbons (Fsp3) is 0.0714. The molecule has 0 saturated heterocycles. The lowest BCUT2D eigenvalue weighted by Crippen LogP contribution is -2.29. The summed E-state index contributed by atoms with van der Waals surface area (Å²) in [7, 11) is 1.96. The number of rotatable bonds is 1. The quantitative estimate of drug-likeness (QED) is 0.656. The molecule has 0 saturated carbocycles. The molecule has 1 heterocycles. The average Bonchev–Trinajstić information content (AvgIpc) is 2.38. The molecule has 1 aromatic heterocycles. The van der Waals surface area contributed by atoms with Crippen LogP contribution in [0.4, 0.5) is 11.4 Å². The first-order valence-corrected chi connectivity index (χ1v) is 5.18. The van der Waals surface area contributed by atoms with Gasteiger partial charge in [0.05, 0.1) is 0 Å². The van der Waals surface area contributed by atoms with Gasteiger partial charge in [-0.3, -0.25) is 0 Å². The molecular weight excluding hydrogens is 210 g/mol. The van der Waals surface area contributed by atoms with Gasteiger partial charge in [0.2, 0.25) is 5.69 Å². The lowest BCUT2D eigenvalue weighted by Gasteiger charge is -1.96. The summed E-state index contributed by atoms with van der Waals surface area (Å²) in [5.74, 6) is 0. The molecule has 2 rings (SSSR count). The predicted octanol–water partition coefficient (Wildman–Crippen LogP) is 3.37. The van der Waals surface area contributed by atoms with E-state index in [2.05, 4.69) is 9.69 Å². The Morgan fingerprint density at radius 1 is 1.00 bits per heavy atom. The Morgan fingerprint density at radius 2 is 1.82 bits per heavy atom. The monoisotopic (exact) mass is 222 g/mol. The highest BCUT2D eigenvalue weighted by Gasteiger charge is 2.29. The lowest BCUT2D eigenvalue weighted by atomic mass is 10.1. The van der Waals surface area contributed by atoms with E-state index in [1.54, 1.807) is 6.07 Å². The molecule has 0 aliphatic heterocycles. The maximum atomic E-state index is 5.41. The first-order chi connectivity index (χ1) is 8.27. The molecule has 0 unspecified atom stereocenters. The third kappa shape index (κ3) is 1.87. The van der Waals surface area contributed by atoms with Crippen LogP contribution in [0.5, 0.6) is 0 Å². The fourth-order valence-electron chi connectivity index (χ4n) is 1.78. The molecule has 3 nitrogen and oxygen atoms in total. The van der Waals surface area contributed by atoms with Crippen molar-refractivity contribution >= 4 is 11.4 Å². The molecule has 80 valence electrons. The van der Waals surface area contributed by atoms with Crippen LogP contribution < -0.4 is 4.57 Å². The molecule has 0 aliphatic carbocycles. The van der Waals surface area contributed by atoms with Crippen LogP contribution in [-0.4, -0.2) is 0 Å². The van der Waals surface area contributed by atoms with Gasteiger partial charge < -0.3 is 0 Å². The second kappa shape index (κ2) is 4.47. The van der Waals surface area contributed by atoms with Gasteiger partial charge in [0.25, 0.3) is 13.1 Å². The molecular formula is C14H12N3+3. The van der Waals surface area contributed by atoms with Crippen LogP contribution in [0.2, 0.25) is 0 Å². The molecule has 3 heteroatoms. The number of aryl methyl sites for hydroxylation is 1. The van der Waals surface area contributed by atoms with Crippen LogP contribution in [0.3, 0.4) is 0 Å². The van der Waals surface area contributed by atoms with Crippen molar-refractivity contribution in [2.75, 3.05) is 0 Å². The van der Waals surface area contributed by atoms with Crippen molar-refractivity contribution in [2.24, 2.45) is 7.05 Å². The van der Waals surface area contributed by atoms with Crippen molar-refractivity contribution in [3.63, 3.8) is 0 Å². The third-order valence-corrected chi connectivity index (χ3v) is 2.61. The van der Waals surface area contributed by atoms with Crippen LogP contribution >= 0.6 is 0 Å². The van der Waals surface area contributed by atoms with E-state index in [1.165, 1.54) is 0 Å². The van der Waals surface area contributed by atoms with Gasteiger partial charge in [-0.1, -0.05) is 6.07 Å². The number of hydrogen-bond donors (Lipinski definition) is 0. The van der Waals surface area contributed by atoms with E-state index >= 15 is 0 Å². The van der Waals surface area contributed by atoms with E-state index in [1.807, 2.05) is 48.1 Å². The Labute approximate surface area is 100 Å². The zero-order chi connectivity index (χ0) is 12.3. The van der Waals surface area contributed by atoms with Gasteiger partial charge in [0, 0.05) is 18.2 Å². The minimum absolute atomic E-state index is 0.578. The summed E-state index contributed by atoms with van der Waals surface area (Å²) in [4.78, 5) is 7.45. The Balaban J connectivity index is 2.75. The molecule has 0 spiro atoms. The highest BCUT2D eigenvalue weighted by molar-refractivity contribution is 5.86. The molecule has 0 radical (unpaired) electrons. The topological polar surface area (TPSA) is 12.6 Å². The number of nitrogens with zero attached hydrogens (tertiary/aromatic N) is 3. The van der Waals surface area contributed by atoms with Gasteiger partial charge in [0.1, 0.15) is 12.6 Å². The summed E-state index contributed by atoms with van der Waals surface area (Å²) in [5.41, 5.74) is 3.08. The van der Waals surface area contributed by atoms with E-state index in [0.717, 1.165) is 11.3 Å². The first-order valence-electron chi connectivity index (χ1n) is 5.18. The zero-order valence-corrected chi connectivity index (χ0v) is 9.54. The molecule has 17 heavy (non-hydrogen) atoms. The Hall–Kier alpha value is -2.65. The largest absolute Gasteiger partial charge is 0.443 e. The molecule has 0 bridgehead atoms. The number of benzene rings is 1. The summed E-state index contributed by atoms with van der Waals surface area (Å²) in [5, 5.41) is 0. The second-order valence-corrected chi connectivity index (χ2v) is 3.63. The Bertz CT molecular complexity index is 645. The van der Waals surface area contributed by atoms with Crippen molar-refractivity contribution in [1.29, 1.82) is 0 Å². The van der Waals surface area contributed by atoms with Crippen molar-refractivity contribution in [3.05, 3.63) is 52.3 Å². The van der Waals surface area contributed by atoms with Gasteiger partial charge in [-0.2, -0.15) is 0 Å². The number of para-hydroxylation sites is 1. The van der Waals surface area contributed by atoms with E-state index in [4.69, 9.17) is 13.1 Å². The third-order valence-electron chi connectivity index (χ3n) is 2.61. The second-order valence-electron chi connectivity index (χ2n) is 3.63. The van der Waals surface area contributed by atoms with Gasteiger partial charge in [-0.25, -0.2) is 4.57 Å². The molecule has 0 amide bonds. The molecule has 0 atom stereocenters. The van der Waals surface area contributed by atoms with E-state index < -0.39 is 0 Å². The Kier molecular flexibility index (Phi) is 2.85. The van der Waals surface area contributed by atoms with Crippen LogP contribution in [0.25, 0.3) is 20.9 Å². The lowest BCUT2D eigenvalue weighted by molar-refractivity contribution is -0.660. The SMILES string of the molecule is C#[N+]c1cccc(-c2cccc[n+]2C)c1[N+]#C.